The van der Waals surface area contributed by atoms with Gasteiger partial charge in [0, 0.05) is 13.0 Å². The van der Waals surface area contributed by atoms with E-state index in [0.29, 0.717) is 12.8 Å². The van der Waals surface area contributed by atoms with Crippen LogP contribution in [-0.4, -0.2) is 45.7 Å². The molecule has 0 bridgehead atoms. The number of piperidine rings is 1. The molecule has 2 aromatic carbocycles. The van der Waals surface area contributed by atoms with Crippen molar-refractivity contribution in [2.75, 3.05) is 6.54 Å². The highest BCUT2D eigenvalue weighted by Crippen LogP contribution is 2.45. The second-order valence-electron chi connectivity index (χ2n) is 8.39. The molecule has 2 aromatic rings. The Balaban J connectivity index is 1.54. The molecule has 2 N–H and O–H groups in total. The number of halogens is 1. The SMILES string of the molecule is O=C(O)CNC(=O)C1C(=O)CC2(CCC2)N(Cc2ccc(-c3ccc(F)cc3)cc2)C1=O. The Morgan fingerprint density at radius 3 is 2.16 bits per heavy atom. The van der Waals surface area contributed by atoms with Crippen LogP contribution in [0.25, 0.3) is 11.1 Å². The van der Waals surface area contributed by atoms with Crippen LogP contribution in [0.2, 0.25) is 0 Å². The fourth-order valence-electron chi connectivity index (χ4n) is 4.48. The molecule has 0 aromatic heterocycles. The number of rotatable bonds is 6. The summed E-state index contributed by atoms with van der Waals surface area (Å²) in [4.78, 5) is 50.6. The molecule has 1 saturated carbocycles. The van der Waals surface area contributed by atoms with Crippen LogP contribution < -0.4 is 5.32 Å². The summed E-state index contributed by atoms with van der Waals surface area (Å²) in [6.07, 6.45) is 2.39. The number of nitrogens with zero attached hydrogens (tertiary/aromatic N) is 1. The van der Waals surface area contributed by atoms with E-state index in [4.69, 9.17) is 5.11 Å². The largest absolute Gasteiger partial charge is 0.480 e. The van der Waals surface area contributed by atoms with Crippen LogP contribution >= 0.6 is 0 Å². The fourth-order valence-corrected chi connectivity index (χ4v) is 4.48. The molecule has 7 nitrogen and oxygen atoms in total. The van der Waals surface area contributed by atoms with Crippen LogP contribution in [-0.2, 0) is 25.7 Å². The van der Waals surface area contributed by atoms with Crippen LogP contribution in [0, 0.1) is 11.7 Å². The number of likely N-dealkylation sites (tertiary alicyclic amines) is 1. The minimum Gasteiger partial charge on any atom is -0.480 e. The number of benzene rings is 2. The smallest absolute Gasteiger partial charge is 0.322 e. The van der Waals surface area contributed by atoms with E-state index in [2.05, 4.69) is 5.32 Å². The van der Waals surface area contributed by atoms with Gasteiger partial charge in [-0.1, -0.05) is 36.4 Å². The molecule has 2 aliphatic rings. The minimum absolute atomic E-state index is 0.0948. The Bertz CT molecular complexity index is 1060. The van der Waals surface area contributed by atoms with Gasteiger partial charge in [0.15, 0.2) is 11.7 Å². The third-order valence-electron chi connectivity index (χ3n) is 6.34. The molecule has 1 aliphatic carbocycles. The van der Waals surface area contributed by atoms with Gasteiger partial charge in [-0.25, -0.2) is 4.39 Å². The summed E-state index contributed by atoms with van der Waals surface area (Å²) >= 11 is 0. The summed E-state index contributed by atoms with van der Waals surface area (Å²) in [5.41, 5.74) is 2.03. The van der Waals surface area contributed by atoms with Gasteiger partial charge in [-0.3, -0.25) is 19.2 Å². The molecule has 1 spiro atoms. The van der Waals surface area contributed by atoms with E-state index in [9.17, 15) is 23.6 Å². The van der Waals surface area contributed by atoms with Gasteiger partial charge in [0.05, 0.1) is 5.54 Å². The minimum atomic E-state index is -1.51. The normalized spacial score (nSPS) is 19.5. The number of carbonyl (C=O) groups is 4. The first-order chi connectivity index (χ1) is 15.3. The van der Waals surface area contributed by atoms with Crippen molar-refractivity contribution >= 4 is 23.6 Å². The molecule has 8 heteroatoms. The molecule has 1 saturated heterocycles. The second-order valence-corrected chi connectivity index (χ2v) is 8.39. The highest BCUT2D eigenvalue weighted by atomic mass is 19.1. The quantitative estimate of drug-likeness (QED) is 0.675. The number of ketones is 1. The molecule has 0 radical (unpaired) electrons. The van der Waals surface area contributed by atoms with Gasteiger partial charge in [0.25, 0.3) is 0 Å². The number of carbonyl (C=O) groups excluding carboxylic acids is 3. The van der Waals surface area contributed by atoms with Gasteiger partial charge in [-0.15, -0.1) is 0 Å². The lowest BCUT2D eigenvalue weighted by Gasteiger charge is -2.53. The van der Waals surface area contributed by atoms with Gasteiger partial charge < -0.3 is 15.3 Å². The zero-order chi connectivity index (χ0) is 22.9. The number of hydrogen-bond donors (Lipinski definition) is 2. The Morgan fingerprint density at radius 2 is 1.62 bits per heavy atom. The Kier molecular flexibility index (Phi) is 5.78. The third kappa shape index (κ3) is 4.12. The van der Waals surface area contributed by atoms with E-state index in [0.717, 1.165) is 23.1 Å². The molecular weight excluding hydrogens is 415 g/mol. The maximum atomic E-state index is 13.2. The second kappa shape index (κ2) is 8.53. The monoisotopic (exact) mass is 438 g/mol. The summed E-state index contributed by atoms with van der Waals surface area (Å²) in [5.74, 6) is -4.97. The molecule has 1 atom stereocenters. The number of amides is 2. The topological polar surface area (TPSA) is 104 Å². The van der Waals surface area contributed by atoms with E-state index in [1.165, 1.54) is 12.1 Å². The summed E-state index contributed by atoms with van der Waals surface area (Å²) in [6.45, 7) is -0.398. The van der Waals surface area contributed by atoms with E-state index in [1.807, 2.05) is 24.3 Å². The number of hydrogen-bond acceptors (Lipinski definition) is 4. The molecule has 1 heterocycles. The van der Waals surface area contributed by atoms with Crippen LogP contribution in [0.1, 0.15) is 31.2 Å². The number of nitrogens with one attached hydrogen (secondary N) is 1. The first kappa shape index (κ1) is 21.7. The predicted molar refractivity (Wildman–Crippen MR) is 113 cm³/mol. The van der Waals surface area contributed by atoms with Gasteiger partial charge in [0.1, 0.15) is 12.4 Å². The zero-order valence-electron chi connectivity index (χ0n) is 17.3. The molecule has 166 valence electrons. The number of aliphatic carboxylic acids is 1. The molecule has 2 amide bonds. The van der Waals surface area contributed by atoms with Gasteiger partial charge in [-0.05, 0) is 48.1 Å². The summed E-state index contributed by atoms with van der Waals surface area (Å²) in [6, 6.07) is 13.7. The molecule has 32 heavy (non-hydrogen) atoms. The molecule has 4 rings (SSSR count). The van der Waals surface area contributed by atoms with Crippen molar-refractivity contribution < 1.29 is 28.7 Å². The molecule has 2 fully saturated rings. The fraction of sp³-hybridized carbons (Fsp3) is 0.333. The Hall–Kier alpha value is -3.55. The summed E-state index contributed by atoms with van der Waals surface area (Å²) in [7, 11) is 0. The Labute approximate surface area is 184 Å². The van der Waals surface area contributed by atoms with Crippen molar-refractivity contribution in [1.29, 1.82) is 0 Å². The molecular formula is C24H23FN2O5. The lowest BCUT2D eigenvalue weighted by Crippen LogP contribution is -2.65. The third-order valence-corrected chi connectivity index (χ3v) is 6.34. The number of carboxylic acids is 1. The average Bonchev–Trinajstić information content (AvgIpc) is 2.74. The lowest BCUT2D eigenvalue weighted by molar-refractivity contribution is -0.164. The van der Waals surface area contributed by atoms with Gasteiger partial charge in [-0.2, -0.15) is 0 Å². The first-order valence-electron chi connectivity index (χ1n) is 10.5. The van der Waals surface area contributed by atoms with E-state index < -0.39 is 41.6 Å². The predicted octanol–water partition coefficient (Wildman–Crippen LogP) is 2.53. The zero-order valence-corrected chi connectivity index (χ0v) is 17.3. The van der Waals surface area contributed by atoms with Crippen molar-refractivity contribution in [3.8, 4) is 11.1 Å². The van der Waals surface area contributed by atoms with Crippen LogP contribution in [0.5, 0.6) is 0 Å². The first-order valence-corrected chi connectivity index (χ1v) is 10.5. The van der Waals surface area contributed by atoms with Crippen molar-refractivity contribution in [3.05, 3.63) is 59.9 Å². The van der Waals surface area contributed by atoms with Crippen molar-refractivity contribution in [2.45, 2.75) is 37.8 Å². The van der Waals surface area contributed by atoms with E-state index in [-0.39, 0.29) is 18.8 Å². The highest BCUT2D eigenvalue weighted by molar-refractivity contribution is 6.20. The van der Waals surface area contributed by atoms with Gasteiger partial charge >= 0.3 is 5.97 Å². The maximum Gasteiger partial charge on any atom is 0.322 e. The molecule has 1 unspecified atom stereocenters. The average molecular weight is 438 g/mol. The van der Waals surface area contributed by atoms with Crippen LogP contribution in [0.15, 0.2) is 48.5 Å². The van der Waals surface area contributed by atoms with E-state index in [1.54, 1.807) is 17.0 Å². The molecule has 1 aliphatic heterocycles. The lowest BCUT2D eigenvalue weighted by atomic mass is 9.67. The van der Waals surface area contributed by atoms with Crippen LogP contribution in [0.4, 0.5) is 4.39 Å². The highest BCUT2D eigenvalue weighted by Gasteiger charge is 2.55. The number of Topliss-reactive ketones (excluding diaryl/α,β-unsaturated/α-hetero) is 1. The standard InChI is InChI=1S/C24H23FN2O5/c25-18-8-6-17(7-9-18)16-4-2-15(3-5-16)14-27-23(32)21(22(31)26-13-20(29)30)19(28)12-24(27)10-1-11-24/h2-9,21H,1,10-14H2,(H,26,31)(H,29,30). The van der Waals surface area contributed by atoms with Crippen molar-refractivity contribution in [1.82, 2.24) is 10.2 Å². The summed E-state index contributed by atoms with van der Waals surface area (Å²) in [5, 5.41) is 10.9. The van der Waals surface area contributed by atoms with Crippen molar-refractivity contribution in [2.24, 2.45) is 5.92 Å². The van der Waals surface area contributed by atoms with Crippen LogP contribution in [0.3, 0.4) is 0 Å². The summed E-state index contributed by atoms with van der Waals surface area (Å²) < 4.78 is 13.2. The Morgan fingerprint density at radius 1 is 1.03 bits per heavy atom. The van der Waals surface area contributed by atoms with Gasteiger partial charge in [0.2, 0.25) is 11.8 Å². The maximum absolute atomic E-state index is 13.2. The van der Waals surface area contributed by atoms with Crippen molar-refractivity contribution in [3.63, 3.8) is 0 Å². The number of carboxylic acid groups (broad SMARTS) is 1. The van der Waals surface area contributed by atoms with E-state index >= 15 is 0 Å².